The van der Waals surface area contributed by atoms with E-state index in [0.29, 0.717) is 22.6 Å². The van der Waals surface area contributed by atoms with Gasteiger partial charge in [0.15, 0.2) is 17.3 Å². The van der Waals surface area contributed by atoms with E-state index in [4.69, 9.17) is 9.47 Å². The third-order valence-corrected chi connectivity index (χ3v) is 5.73. The van der Waals surface area contributed by atoms with E-state index in [1.165, 1.54) is 18.4 Å². The number of benzene rings is 3. The number of aromatic hydroxyl groups is 1. The van der Waals surface area contributed by atoms with E-state index >= 15 is 0 Å². The van der Waals surface area contributed by atoms with Crippen LogP contribution in [0.25, 0.3) is 20.8 Å². The zero-order chi connectivity index (χ0) is 20.4. The van der Waals surface area contributed by atoms with Crippen molar-refractivity contribution < 1.29 is 19.4 Å². The minimum absolute atomic E-state index is 0.0712. The van der Waals surface area contributed by atoms with Crippen molar-refractivity contribution in [1.29, 1.82) is 0 Å². The number of fused-ring (bicyclic) bond motifs is 1. The quantitative estimate of drug-likeness (QED) is 0.451. The number of para-hydroxylation sites is 1. The highest BCUT2D eigenvalue weighted by molar-refractivity contribution is 7.21. The molecule has 0 fully saturated rings. The first-order valence-electron chi connectivity index (χ1n) is 9.02. The summed E-state index contributed by atoms with van der Waals surface area (Å²) >= 11 is 1.52. The fraction of sp³-hybridized carbons (Fsp3) is 0.130. The summed E-state index contributed by atoms with van der Waals surface area (Å²) < 4.78 is 11.5. The molecule has 0 saturated heterocycles. The van der Waals surface area contributed by atoms with Gasteiger partial charge < -0.3 is 14.6 Å². The van der Waals surface area contributed by atoms with Crippen molar-refractivity contribution in [1.82, 2.24) is 4.98 Å². The Morgan fingerprint density at radius 2 is 1.79 bits per heavy atom. The Hall–Kier alpha value is -3.38. The fourth-order valence-corrected chi connectivity index (χ4v) is 4.15. The van der Waals surface area contributed by atoms with Crippen LogP contribution in [0.4, 0.5) is 0 Å². The Kier molecular flexibility index (Phi) is 5.18. The molecule has 1 heterocycles. The fourth-order valence-electron chi connectivity index (χ4n) is 3.15. The minimum Gasteiger partial charge on any atom is -0.507 e. The lowest BCUT2D eigenvalue weighted by Crippen LogP contribution is -2.04. The van der Waals surface area contributed by atoms with Crippen LogP contribution in [-0.4, -0.2) is 30.1 Å². The second kappa shape index (κ2) is 7.93. The molecule has 0 aliphatic carbocycles. The van der Waals surface area contributed by atoms with Crippen molar-refractivity contribution >= 4 is 27.3 Å². The molecule has 5 nitrogen and oxygen atoms in total. The average Bonchev–Trinajstić information content (AvgIpc) is 3.17. The molecule has 1 aromatic heterocycles. The number of phenolic OH excluding ortho intramolecular Hbond substituents is 1. The summed E-state index contributed by atoms with van der Waals surface area (Å²) in [6, 6.07) is 18.2. The SMILES string of the molecule is COc1ccc(C(=O)Cc2ccc(-c3nc4ccccc4s3)c(O)c2)cc1OC. The minimum atomic E-state index is -0.0712. The number of methoxy groups -OCH3 is 2. The molecule has 4 aromatic rings. The van der Waals surface area contributed by atoms with Crippen LogP contribution in [0.2, 0.25) is 0 Å². The van der Waals surface area contributed by atoms with Crippen LogP contribution in [0.1, 0.15) is 15.9 Å². The van der Waals surface area contributed by atoms with Crippen molar-refractivity contribution in [2.45, 2.75) is 6.42 Å². The third kappa shape index (κ3) is 3.79. The number of ether oxygens (including phenoxy) is 2. The van der Waals surface area contributed by atoms with Gasteiger partial charge in [0, 0.05) is 12.0 Å². The van der Waals surface area contributed by atoms with Crippen LogP contribution in [0, 0.1) is 0 Å². The van der Waals surface area contributed by atoms with E-state index in [9.17, 15) is 9.90 Å². The molecule has 146 valence electrons. The molecule has 0 bridgehead atoms. The molecule has 0 unspecified atom stereocenters. The van der Waals surface area contributed by atoms with E-state index in [0.717, 1.165) is 20.8 Å². The zero-order valence-electron chi connectivity index (χ0n) is 16.0. The van der Waals surface area contributed by atoms with Gasteiger partial charge in [-0.25, -0.2) is 4.98 Å². The molecule has 0 aliphatic heterocycles. The first-order chi connectivity index (χ1) is 14.1. The maximum absolute atomic E-state index is 12.7. The summed E-state index contributed by atoms with van der Waals surface area (Å²) in [7, 11) is 3.08. The van der Waals surface area contributed by atoms with E-state index in [1.807, 2.05) is 36.4 Å². The number of carbonyl (C=O) groups excluding carboxylic acids is 1. The maximum Gasteiger partial charge on any atom is 0.167 e. The van der Waals surface area contributed by atoms with E-state index in [-0.39, 0.29) is 18.0 Å². The number of carbonyl (C=O) groups is 1. The Bertz CT molecular complexity index is 1170. The van der Waals surface area contributed by atoms with Crippen molar-refractivity contribution in [3.8, 4) is 27.8 Å². The molecule has 1 N–H and O–H groups in total. The van der Waals surface area contributed by atoms with Gasteiger partial charge in [0.25, 0.3) is 0 Å². The standard InChI is InChI=1S/C23H19NO4S/c1-27-20-10-8-15(13-21(20)28-2)18(25)11-14-7-9-16(19(26)12-14)23-24-17-5-3-4-6-22(17)29-23/h3-10,12-13,26H,11H2,1-2H3. The molecule has 0 amide bonds. The number of nitrogens with zero attached hydrogens (tertiary/aromatic N) is 1. The molecule has 6 heteroatoms. The van der Waals surface area contributed by atoms with Crippen molar-refractivity contribution in [2.24, 2.45) is 0 Å². The predicted octanol–water partition coefficient (Wildman–Crippen LogP) is 5.11. The van der Waals surface area contributed by atoms with Crippen LogP contribution in [-0.2, 0) is 6.42 Å². The smallest absolute Gasteiger partial charge is 0.167 e. The monoisotopic (exact) mass is 405 g/mol. The zero-order valence-corrected chi connectivity index (χ0v) is 16.8. The Balaban J connectivity index is 1.57. The number of Topliss-reactive ketones (excluding diaryl/α,β-unsaturated/α-hetero) is 1. The highest BCUT2D eigenvalue weighted by Crippen LogP contribution is 2.36. The largest absolute Gasteiger partial charge is 0.507 e. The van der Waals surface area contributed by atoms with Gasteiger partial charge in [-0.1, -0.05) is 18.2 Å². The molecular weight excluding hydrogens is 386 g/mol. The van der Waals surface area contributed by atoms with Gasteiger partial charge in [0.1, 0.15) is 10.8 Å². The van der Waals surface area contributed by atoms with Gasteiger partial charge in [-0.15, -0.1) is 11.3 Å². The summed E-state index contributed by atoms with van der Waals surface area (Å²) in [5.74, 6) is 1.12. The first kappa shape index (κ1) is 19.0. The van der Waals surface area contributed by atoms with E-state index < -0.39 is 0 Å². The number of phenols is 1. The number of thiazole rings is 1. The van der Waals surface area contributed by atoms with Crippen LogP contribution >= 0.6 is 11.3 Å². The van der Waals surface area contributed by atoms with Crippen molar-refractivity contribution in [3.05, 3.63) is 71.8 Å². The Morgan fingerprint density at radius 3 is 2.52 bits per heavy atom. The summed E-state index contributed by atoms with van der Waals surface area (Å²) in [5.41, 5.74) is 2.82. The van der Waals surface area contributed by atoms with Gasteiger partial charge in [-0.05, 0) is 48.0 Å². The highest BCUT2D eigenvalue weighted by Gasteiger charge is 2.14. The van der Waals surface area contributed by atoms with Crippen LogP contribution in [0.15, 0.2) is 60.7 Å². The van der Waals surface area contributed by atoms with Crippen molar-refractivity contribution in [3.63, 3.8) is 0 Å². The summed E-state index contributed by atoms with van der Waals surface area (Å²) in [5, 5.41) is 11.3. The third-order valence-electron chi connectivity index (χ3n) is 4.66. The molecule has 0 atom stereocenters. The first-order valence-corrected chi connectivity index (χ1v) is 9.83. The molecule has 0 aliphatic rings. The van der Waals surface area contributed by atoms with Gasteiger partial charge in [-0.3, -0.25) is 4.79 Å². The summed E-state index contributed by atoms with van der Waals surface area (Å²) in [6.45, 7) is 0. The van der Waals surface area contributed by atoms with Gasteiger partial charge >= 0.3 is 0 Å². The number of ketones is 1. The maximum atomic E-state index is 12.7. The predicted molar refractivity (Wildman–Crippen MR) is 114 cm³/mol. The topological polar surface area (TPSA) is 68.7 Å². The normalized spacial score (nSPS) is 10.8. The number of rotatable bonds is 6. The van der Waals surface area contributed by atoms with E-state index in [2.05, 4.69) is 4.98 Å². The average molecular weight is 405 g/mol. The lowest BCUT2D eigenvalue weighted by Gasteiger charge is -2.09. The highest BCUT2D eigenvalue weighted by atomic mass is 32.1. The van der Waals surface area contributed by atoms with E-state index in [1.54, 1.807) is 31.4 Å². The Morgan fingerprint density at radius 1 is 1.00 bits per heavy atom. The lowest BCUT2D eigenvalue weighted by molar-refractivity contribution is 0.0992. The van der Waals surface area contributed by atoms with Crippen molar-refractivity contribution in [2.75, 3.05) is 14.2 Å². The van der Waals surface area contributed by atoms with Crippen LogP contribution < -0.4 is 9.47 Å². The molecule has 29 heavy (non-hydrogen) atoms. The molecule has 4 rings (SSSR count). The summed E-state index contributed by atoms with van der Waals surface area (Å²) in [4.78, 5) is 17.3. The van der Waals surface area contributed by atoms with Gasteiger partial charge in [-0.2, -0.15) is 0 Å². The second-order valence-corrected chi connectivity index (χ2v) is 7.54. The molecular formula is C23H19NO4S. The van der Waals surface area contributed by atoms with Crippen LogP contribution in [0.5, 0.6) is 17.2 Å². The van der Waals surface area contributed by atoms with Crippen LogP contribution in [0.3, 0.4) is 0 Å². The van der Waals surface area contributed by atoms with Gasteiger partial charge in [0.2, 0.25) is 0 Å². The summed E-state index contributed by atoms with van der Waals surface area (Å²) in [6.07, 6.45) is 0.170. The molecule has 0 radical (unpaired) electrons. The van der Waals surface area contributed by atoms with Gasteiger partial charge in [0.05, 0.1) is 30.0 Å². The molecule has 0 spiro atoms. The molecule has 0 saturated carbocycles. The number of aromatic nitrogens is 1. The second-order valence-electron chi connectivity index (χ2n) is 6.51. The lowest BCUT2D eigenvalue weighted by atomic mass is 10.0. The molecule has 3 aromatic carbocycles. The number of hydrogen-bond donors (Lipinski definition) is 1. The Labute approximate surface area is 172 Å². The number of hydrogen-bond acceptors (Lipinski definition) is 6.